The van der Waals surface area contributed by atoms with Crippen LogP contribution in [-0.4, -0.2) is 99.6 Å². The van der Waals surface area contributed by atoms with Crippen molar-refractivity contribution in [2.24, 2.45) is 0 Å². The van der Waals surface area contributed by atoms with Gasteiger partial charge in [-0.2, -0.15) is 0 Å². The standard InChI is InChI=1S/C82H145NO10/c1-4-7-10-13-16-19-22-24-26-28-30-32-34-36-38-40-42-44-46-48-50-52-55-58-61-64-67-70-77(87)93-80-79(89)78(88)76(71-84)92-82(80)91-72-73(74(85)68-65-62-59-56-53-21-18-15-12-9-6-3)83-81(90)75(86)69-66-63-60-57-54-51-49-47-45-43-41-39-37-35-33-31-29-27-25-23-20-17-14-11-8-5-2/h7,10,16,19,24-27,30,32,36,38,42,44,65,68,73-76,78-80,82,84-86,88-89H,4-6,8-9,11-15,17-18,20-23,28-29,31,33-35,37,39-41,43,45-64,66-67,69-72H2,1-3H3,(H,83,90)/b10-7-,19-16-,26-24-,27-25+,32-30-,38-36-,44-42-,68-65+. The Morgan fingerprint density at radius 1 is 0.430 bits per heavy atom. The van der Waals surface area contributed by atoms with Crippen LogP contribution < -0.4 is 5.32 Å². The second-order valence-electron chi connectivity index (χ2n) is 26.7. The number of aliphatic hydroxyl groups excluding tert-OH is 5. The van der Waals surface area contributed by atoms with Crippen molar-refractivity contribution in [1.29, 1.82) is 0 Å². The summed E-state index contributed by atoms with van der Waals surface area (Å²) in [6.45, 7) is 5.70. The number of nitrogens with one attached hydrogen (secondary N) is 1. The normalized spacial score (nSPS) is 18.4. The van der Waals surface area contributed by atoms with Crippen LogP contribution in [0.15, 0.2) is 97.2 Å². The Labute approximate surface area is 571 Å². The molecular formula is C82H145NO10. The first-order chi connectivity index (χ1) is 45.7. The van der Waals surface area contributed by atoms with Crippen molar-refractivity contribution < 1.29 is 49.3 Å². The third-order valence-corrected chi connectivity index (χ3v) is 18.0. The zero-order valence-electron chi connectivity index (χ0n) is 60.1. The van der Waals surface area contributed by atoms with Crippen LogP contribution in [-0.2, 0) is 23.8 Å². The molecule has 538 valence electrons. The smallest absolute Gasteiger partial charge is 0.306 e. The molecule has 6 N–H and O–H groups in total. The Kier molecular flexibility index (Phi) is 64.5. The van der Waals surface area contributed by atoms with E-state index < -0.39 is 67.4 Å². The Morgan fingerprint density at radius 2 is 0.774 bits per heavy atom. The molecule has 8 unspecified atom stereocenters. The van der Waals surface area contributed by atoms with Crippen molar-refractivity contribution in [2.75, 3.05) is 13.2 Å². The predicted molar refractivity (Wildman–Crippen MR) is 393 cm³/mol. The molecule has 1 saturated heterocycles. The molecule has 1 heterocycles. The van der Waals surface area contributed by atoms with Gasteiger partial charge in [-0.1, -0.05) is 336 Å². The second kappa shape index (κ2) is 68.5. The van der Waals surface area contributed by atoms with Gasteiger partial charge in [0.25, 0.3) is 0 Å². The van der Waals surface area contributed by atoms with Crippen LogP contribution in [0.25, 0.3) is 0 Å². The van der Waals surface area contributed by atoms with Crippen molar-refractivity contribution in [1.82, 2.24) is 5.32 Å². The third-order valence-electron chi connectivity index (χ3n) is 18.0. The van der Waals surface area contributed by atoms with Gasteiger partial charge in [-0.15, -0.1) is 0 Å². The largest absolute Gasteiger partial charge is 0.454 e. The van der Waals surface area contributed by atoms with E-state index in [2.05, 4.69) is 111 Å². The first-order valence-corrected chi connectivity index (χ1v) is 39.0. The average Bonchev–Trinajstić information content (AvgIpc) is 0.842. The molecule has 1 amide bonds. The summed E-state index contributed by atoms with van der Waals surface area (Å²) >= 11 is 0. The van der Waals surface area contributed by atoms with Gasteiger partial charge < -0.3 is 45.1 Å². The fourth-order valence-corrected chi connectivity index (χ4v) is 11.9. The number of ether oxygens (including phenoxy) is 3. The van der Waals surface area contributed by atoms with Gasteiger partial charge in [0, 0.05) is 6.42 Å². The highest BCUT2D eigenvalue weighted by Crippen LogP contribution is 2.26. The van der Waals surface area contributed by atoms with Crippen molar-refractivity contribution in [2.45, 2.75) is 397 Å². The average molecular weight is 1310 g/mol. The molecule has 1 rings (SSSR count). The third kappa shape index (κ3) is 55.3. The van der Waals surface area contributed by atoms with E-state index in [1.54, 1.807) is 6.08 Å². The first kappa shape index (κ1) is 87.6. The summed E-state index contributed by atoms with van der Waals surface area (Å²) in [4.78, 5) is 26.7. The highest BCUT2D eigenvalue weighted by atomic mass is 16.7. The minimum Gasteiger partial charge on any atom is -0.454 e. The van der Waals surface area contributed by atoms with Crippen molar-refractivity contribution in [3.63, 3.8) is 0 Å². The number of carbonyl (C=O) groups is 2. The second-order valence-corrected chi connectivity index (χ2v) is 26.7. The van der Waals surface area contributed by atoms with Crippen LogP contribution in [0, 0.1) is 0 Å². The van der Waals surface area contributed by atoms with Crippen LogP contribution in [0.2, 0.25) is 0 Å². The molecule has 1 aliphatic heterocycles. The highest BCUT2D eigenvalue weighted by molar-refractivity contribution is 5.80. The van der Waals surface area contributed by atoms with E-state index in [9.17, 15) is 35.1 Å². The van der Waals surface area contributed by atoms with Gasteiger partial charge in [-0.05, 0) is 103 Å². The minimum absolute atomic E-state index is 0.110. The van der Waals surface area contributed by atoms with Crippen LogP contribution in [0.1, 0.15) is 348 Å². The molecule has 0 saturated carbocycles. The number of amides is 1. The monoisotopic (exact) mass is 1300 g/mol. The number of carbonyl (C=O) groups excluding carboxylic acids is 2. The van der Waals surface area contributed by atoms with E-state index in [4.69, 9.17) is 14.2 Å². The number of hydrogen-bond donors (Lipinski definition) is 6. The fraction of sp³-hybridized carbons (Fsp3) is 0.780. The Balaban J connectivity index is 2.49. The molecule has 0 bridgehead atoms. The lowest BCUT2D eigenvalue weighted by molar-refractivity contribution is -0.305. The van der Waals surface area contributed by atoms with Crippen molar-refractivity contribution in [3.8, 4) is 0 Å². The fourth-order valence-electron chi connectivity index (χ4n) is 11.9. The summed E-state index contributed by atoms with van der Waals surface area (Å²) in [7, 11) is 0. The summed E-state index contributed by atoms with van der Waals surface area (Å²) in [6, 6.07) is -1.03. The van der Waals surface area contributed by atoms with E-state index in [1.807, 2.05) is 6.08 Å². The minimum atomic E-state index is -1.62. The molecule has 0 aromatic rings. The van der Waals surface area contributed by atoms with E-state index in [1.165, 1.54) is 193 Å². The lowest BCUT2D eigenvalue weighted by Crippen LogP contribution is -2.61. The molecule has 0 spiro atoms. The number of aliphatic hydroxyl groups is 5. The molecule has 8 atom stereocenters. The molecule has 1 aliphatic rings. The molecular weight excluding hydrogens is 1160 g/mol. The van der Waals surface area contributed by atoms with Crippen LogP contribution in [0.4, 0.5) is 0 Å². The van der Waals surface area contributed by atoms with Gasteiger partial charge in [0.15, 0.2) is 12.4 Å². The predicted octanol–water partition coefficient (Wildman–Crippen LogP) is 21.0. The Bertz CT molecular complexity index is 1890. The molecule has 0 radical (unpaired) electrons. The van der Waals surface area contributed by atoms with E-state index in [0.717, 1.165) is 109 Å². The zero-order valence-corrected chi connectivity index (χ0v) is 60.1. The number of allylic oxidation sites excluding steroid dienone is 15. The van der Waals surface area contributed by atoms with Gasteiger partial charge in [0.2, 0.25) is 5.91 Å². The van der Waals surface area contributed by atoms with Gasteiger partial charge in [0.1, 0.15) is 24.4 Å². The summed E-state index contributed by atoms with van der Waals surface area (Å²) in [5.74, 6) is -1.20. The van der Waals surface area contributed by atoms with E-state index in [0.29, 0.717) is 19.3 Å². The first-order valence-electron chi connectivity index (χ1n) is 39.0. The quantitative estimate of drug-likeness (QED) is 0.0195. The highest BCUT2D eigenvalue weighted by Gasteiger charge is 2.47. The summed E-state index contributed by atoms with van der Waals surface area (Å²) in [5.41, 5.74) is 0. The number of esters is 1. The van der Waals surface area contributed by atoms with Gasteiger partial charge in [-0.25, -0.2) is 0 Å². The SMILES string of the molecule is CC/C=C\C/C=C\C/C=C\C/C=C\C/C=C\C/C=C\CCCCCCCCCCC(=O)OC1C(OCC(NC(=O)C(O)CCCCCCCCCCCCCCCCCC/C=C/CCCCCCCC)C(O)/C=C/CCCCCCCCCCC)OC(CO)C(O)C1O. The summed E-state index contributed by atoms with van der Waals surface area (Å²) < 4.78 is 17.7. The summed E-state index contributed by atoms with van der Waals surface area (Å²) in [5, 5.41) is 57.4. The van der Waals surface area contributed by atoms with Crippen molar-refractivity contribution >= 4 is 11.9 Å². The molecule has 0 aliphatic carbocycles. The maximum atomic E-state index is 13.5. The summed E-state index contributed by atoms with van der Waals surface area (Å²) in [6.07, 6.45) is 83.2. The van der Waals surface area contributed by atoms with Gasteiger partial charge >= 0.3 is 5.97 Å². The van der Waals surface area contributed by atoms with E-state index in [-0.39, 0.29) is 13.0 Å². The lowest BCUT2D eigenvalue weighted by Gasteiger charge is -2.41. The molecule has 11 heteroatoms. The molecule has 93 heavy (non-hydrogen) atoms. The van der Waals surface area contributed by atoms with E-state index >= 15 is 0 Å². The van der Waals surface area contributed by atoms with Crippen LogP contribution in [0.5, 0.6) is 0 Å². The zero-order chi connectivity index (χ0) is 67.4. The maximum absolute atomic E-state index is 13.5. The van der Waals surface area contributed by atoms with Crippen molar-refractivity contribution in [3.05, 3.63) is 97.2 Å². The van der Waals surface area contributed by atoms with Gasteiger partial charge in [0.05, 0.1) is 25.4 Å². The topological polar surface area (TPSA) is 175 Å². The number of unbranched alkanes of at least 4 members (excludes halogenated alkanes) is 39. The van der Waals surface area contributed by atoms with Crippen LogP contribution in [0.3, 0.4) is 0 Å². The Hall–Kier alpha value is -3.42. The maximum Gasteiger partial charge on any atom is 0.306 e. The lowest BCUT2D eigenvalue weighted by atomic mass is 9.99. The molecule has 11 nitrogen and oxygen atoms in total. The van der Waals surface area contributed by atoms with Gasteiger partial charge in [-0.3, -0.25) is 9.59 Å². The Morgan fingerprint density at radius 3 is 1.17 bits per heavy atom. The molecule has 1 fully saturated rings. The molecule has 0 aromatic carbocycles. The number of rotatable bonds is 67. The molecule has 0 aromatic heterocycles. The van der Waals surface area contributed by atoms with Crippen LogP contribution >= 0.6 is 0 Å². The number of hydrogen-bond acceptors (Lipinski definition) is 10.